The van der Waals surface area contributed by atoms with Crippen molar-refractivity contribution in [3.63, 3.8) is 0 Å². The first-order valence-corrected chi connectivity index (χ1v) is 8.51. The van der Waals surface area contributed by atoms with Gasteiger partial charge in [-0.1, -0.05) is 24.7 Å². The Morgan fingerprint density at radius 1 is 1.43 bits per heavy atom. The van der Waals surface area contributed by atoms with Crippen LogP contribution in [0.3, 0.4) is 0 Å². The summed E-state index contributed by atoms with van der Waals surface area (Å²) in [4.78, 5) is 15.5. The van der Waals surface area contributed by atoms with Crippen LogP contribution in [0.4, 0.5) is 0 Å². The number of carbonyl (C=O) groups excluding carboxylic acids is 1. The first-order chi connectivity index (χ1) is 10.2. The molecule has 0 aromatic carbocycles. The number of nitrogens with zero attached hydrogens (tertiary/aromatic N) is 1. The molecule has 0 radical (unpaired) electrons. The second-order valence-corrected chi connectivity index (χ2v) is 7.09. The van der Waals surface area contributed by atoms with Gasteiger partial charge in [-0.25, -0.2) is 0 Å². The molecule has 4 heteroatoms. The number of thiophene rings is 1. The van der Waals surface area contributed by atoms with E-state index >= 15 is 0 Å². The standard InChI is InChI=1S/C17H21NO2S/c1-18(10-13-9-12(11-21-13)5-4-8-19)17(20)16-14-6-2-3-7-15(14)16/h9,11,14-16,19H,2-3,6-8,10H2,1H3. The average molecular weight is 303 g/mol. The third-order valence-electron chi connectivity index (χ3n) is 4.68. The van der Waals surface area contributed by atoms with Gasteiger partial charge in [0.1, 0.15) is 6.61 Å². The van der Waals surface area contributed by atoms with E-state index in [9.17, 15) is 4.79 Å². The van der Waals surface area contributed by atoms with Gasteiger partial charge in [-0.3, -0.25) is 4.79 Å². The summed E-state index contributed by atoms with van der Waals surface area (Å²) < 4.78 is 0. The fourth-order valence-corrected chi connectivity index (χ4v) is 4.46. The smallest absolute Gasteiger partial charge is 0.226 e. The lowest BCUT2D eigenvalue weighted by Crippen LogP contribution is -2.28. The summed E-state index contributed by atoms with van der Waals surface area (Å²) >= 11 is 1.63. The van der Waals surface area contributed by atoms with Crippen LogP contribution in [0.15, 0.2) is 11.4 Å². The van der Waals surface area contributed by atoms with Gasteiger partial charge in [0.15, 0.2) is 0 Å². The van der Waals surface area contributed by atoms with E-state index < -0.39 is 0 Å². The molecule has 2 atom stereocenters. The molecule has 2 aliphatic carbocycles. The highest BCUT2D eigenvalue weighted by Crippen LogP contribution is 2.56. The predicted molar refractivity (Wildman–Crippen MR) is 83.7 cm³/mol. The van der Waals surface area contributed by atoms with Crippen LogP contribution in [0.5, 0.6) is 0 Å². The molecule has 1 amide bonds. The number of carbonyl (C=O) groups is 1. The number of amides is 1. The number of rotatable bonds is 3. The molecular formula is C17H21NO2S. The Morgan fingerprint density at radius 3 is 2.81 bits per heavy atom. The molecule has 0 spiro atoms. The third-order valence-corrected chi connectivity index (χ3v) is 5.60. The van der Waals surface area contributed by atoms with Gasteiger partial charge >= 0.3 is 0 Å². The first-order valence-electron chi connectivity index (χ1n) is 7.63. The van der Waals surface area contributed by atoms with Crippen molar-refractivity contribution in [2.45, 2.75) is 32.2 Å². The number of fused-ring (bicyclic) bond motifs is 1. The normalized spacial score (nSPS) is 26.5. The van der Waals surface area contributed by atoms with Crippen LogP contribution in [0.2, 0.25) is 0 Å². The van der Waals surface area contributed by atoms with Crippen LogP contribution in [-0.4, -0.2) is 29.6 Å². The minimum absolute atomic E-state index is 0.117. The minimum atomic E-state index is -0.117. The largest absolute Gasteiger partial charge is 0.384 e. The molecule has 1 heterocycles. The van der Waals surface area contributed by atoms with Crippen molar-refractivity contribution in [3.05, 3.63) is 21.9 Å². The highest BCUT2D eigenvalue weighted by atomic mass is 32.1. The van der Waals surface area contributed by atoms with Crippen molar-refractivity contribution in [1.29, 1.82) is 0 Å². The lowest BCUT2D eigenvalue weighted by Gasteiger charge is -2.16. The Balaban J connectivity index is 1.57. The molecule has 1 aromatic rings. The molecule has 21 heavy (non-hydrogen) atoms. The molecule has 0 aliphatic heterocycles. The molecule has 0 bridgehead atoms. The zero-order chi connectivity index (χ0) is 14.8. The number of aliphatic hydroxyl groups excluding tert-OH is 1. The Labute approximate surface area is 130 Å². The van der Waals surface area contributed by atoms with Crippen LogP contribution in [0.25, 0.3) is 0 Å². The highest BCUT2D eigenvalue weighted by Gasteiger charge is 2.55. The van der Waals surface area contributed by atoms with E-state index in [1.54, 1.807) is 11.3 Å². The maximum absolute atomic E-state index is 12.5. The van der Waals surface area contributed by atoms with Crippen LogP contribution < -0.4 is 0 Å². The summed E-state index contributed by atoms with van der Waals surface area (Å²) in [6, 6.07) is 2.01. The van der Waals surface area contributed by atoms with Crippen LogP contribution in [0, 0.1) is 29.6 Å². The Morgan fingerprint density at radius 2 is 2.14 bits per heavy atom. The van der Waals surface area contributed by atoms with Crippen molar-refractivity contribution >= 4 is 17.2 Å². The van der Waals surface area contributed by atoms with Crippen molar-refractivity contribution in [3.8, 4) is 11.8 Å². The van der Waals surface area contributed by atoms with Gasteiger partial charge in [-0.2, -0.15) is 0 Å². The second-order valence-electron chi connectivity index (χ2n) is 6.09. The van der Waals surface area contributed by atoms with Crippen molar-refractivity contribution in [2.24, 2.45) is 17.8 Å². The summed E-state index contributed by atoms with van der Waals surface area (Å²) in [7, 11) is 1.91. The van der Waals surface area contributed by atoms with Gasteiger partial charge in [-0.05, 0) is 30.7 Å². The van der Waals surface area contributed by atoms with E-state index in [2.05, 4.69) is 11.8 Å². The molecule has 3 nitrogen and oxygen atoms in total. The molecule has 2 aliphatic rings. The van der Waals surface area contributed by atoms with Gasteiger partial charge in [0.25, 0.3) is 0 Å². The van der Waals surface area contributed by atoms with E-state index in [0.717, 1.165) is 10.4 Å². The summed E-state index contributed by atoms with van der Waals surface area (Å²) in [6.07, 6.45) is 5.09. The summed E-state index contributed by atoms with van der Waals surface area (Å²) in [5, 5.41) is 10.7. The number of hydrogen-bond donors (Lipinski definition) is 1. The van der Waals surface area contributed by atoms with Crippen molar-refractivity contribution < 1.29 is 9.90 Å². The predicted octanol–water partition coefficient (Wildman–Crippen LogP) is 2.49. The maximum Gasteiger partial charge on any atom is 0.226 e. The molecule has 3 rings (SSSR count). The van der Waals surface area contributed by atoms with E-state index in [1.807, 2.05) is 23.4 Å². The molecule has 2 unspecified atom stereocenters. The molecule has 1 aromatic heterocycles. The Bertz CT molecular complexity index is 571. The monoisotopic (exact) mass is 303 g/mol. The summed E-state index contributed by atoms with van der Waals surface area (Å²) in [6.45, 7) is 0.550. The summed E-state index contributed by atoms with van der Waals surface area (Å²) in [5.74, 6) is 7.51. The first kappa shape index (κ1) is 14.6. The lowest BCUT2D eigenvalue weighted by molar-refractivity contribution is -0.132. The Hall–Kier alpha value is -1.31. The van der Waals surface area contributed by atoms with E-state index in [0.29, 0.717) is 30.2 Å². The molecular weight excluding hydrogens is 282 g/mol. The Kier molecular flexibility index (Phi) is 4.32. The van der Waals surface area contributed by atoms with Gasteiger partial charge < -0.3 is 10.0 Å². The zero-order valence-corrected chi connectivity index (χ0v) is 13.2. The van der Waals surface area contributed by atoms with Gasteiger partial charge in [0.05, 0.1) is 6.54 Å². The minimum Gasteiger partial charge on any atom is -0.384 e. The summed E-state index contributed by atoms with van der Waals surface area (Å²) in [5.41, 5.74) is 0.921. The van der Waals surface area contributed by atoms with Gasteiger partial charge in [-0.15, -0.1) is 11.3 Å². The van der Waals surface area contributed by atoms with Crippen LogP contribution >= 0.6 is 11.3 Å². The quantitative estimate of drug-likeness (QED) is 0.872. The SMILES string of the molecule is CN(Cc1cc(C#CCO)cs1)C(=O)C1C2CCCCC21. The number of hydrogen-bond acceptors (Lipinski definition) is 3. The van der Waals surface area contributed by atoms with Crippen LogP contribution in [-0.2, 0) is 11.3 Å². The van der Waals surface area contributed by atoms with Crippen LogP contribution in [0.1, 0.15) is 36.1 Å². The van der Waals surface area contributed by atoms with Gasteiger partial charge in [0.2, 0.25) is 5.91 Å². The molecule has 0 saturated heterocycles. The topological polar surface area (TPSA) is 40.5 Å². The fourth-order valence-electron chi connectivity index (χ4n) is 3.60. The van der Waals surface area contributed by atoms with E-state index in [1.165, 1.54) is 25.7 Å². The average Bonchev–Trinajstić information content (AvgIpc) is 3.06. The lowest BCUT2D eigenvalue weighted by atomic mass is 10.0. The van der Waals surface area contributed by atoms with Gasteiger partial charge in [0, 0.05) is 28.8 Å². The highest BCUT2D eigenvalue weighted by molar-refractivity contribution is 7.10. The fraction of sp³-hybridized carbons (Fsp3) is 0.588. The van der Waals surface area contributed by atoms with Crippen molar-refractivity contribution in [2.75, 3.05) is 13.7 Å². The maximum atomic E-state index is 12.5. The van der Waals surface area contributed by atoms with Crippen molar-refractivity contribution in [1.82, 2.24) is 4.90 Å². The molecule has 1 N–H and O–H groups in total. The van der Waals surface area contributed by atoms with E-state index in [4.69, 9.17) is 5.11 Å². The van der Waals surface area contributed by atoms with E-state index in [-0.39, 0.29) is 6.61 Å². The number of aliphatic hydroxyl groups is 1. The molecule has 112 valence electrons. The molecule has 2 saturated carbocycles. The second kappa shape index (κ2) is 6.21. The zero-order valence-electron chi connectivity index (χ0n) is 12.3. The third kappa shape index (κ3) is 3.14. The molecule has 2 fully saturated rings.